The van der Waals surface area contributed by atoms with Crippen molar-refractivity contribution in [3.05, 3.63) is 82.8 Å². The van der Waals surface area contributed by atoms with Gasteiger partial charge in [-0.1, -0.05) is 31.2 Å². The smallest absolute Gasteiger partial charge is 0.280 e. The van der Waals surface area contributed by atoms with Gasteiger partial charge in [0.05, 0.1) is 23.9 Å². The number of hydrogen-bond donors (Lipinski definition) is 1. The minimum Gasteiger partial charge on any atom is -0.495 e. The first-order valence-electron chi connectivity index (χ1n) is 9.71. The topological polar surface area (TPSA) is 78.2 Å². The minimum absolute atomic E-state index is 0.0792. The third kappa shape index (κ3) is 3.57. The van der Waals surface area contributed by atoms with Crippen LogP contribution in [-0.2, 0) is 17.8 Å². The fourth-order valence-corrected chi connectivity index (χ4v) is 3.47. The van der Waals surface area contributed by atoms with Crippen molar-refractivity contribution in [1.82, 2.24) is 14.3 Å². The average Bonchev–Trinajstić information content (AvgIpc) is 3.05. The molecule has 0 bridgehead atoms. The molecule has 2 aromatic carbocycles. The number of hydrogen-bond acceptors (Lipinski definition) is 4. The summed E-state index contributed by atoms with van der Waals surface area (Å²) in [7, 11) is 1.55. The minimum atomic E-state index is -0.289. The summed E-state index contributed by atoms with van der Waals surface area (Å²) in [6.45, 7) is 1.98. The standard InChI is InChI=1S/C23H22N4O3/c1-3-16-8-6-9-17(14-16)27-23(29)18-10-7-13-24-22(18)26(27)15-21(28)25-19-11-4-5-12-20(19)30-2/h4-14H,3,15H2,1-2H3,(H,25,28). The lowest BCUT2D eigenvalue weighted by molar-refractivity contribution is -0.117. The lowest BCUT2D eigenvalue weighted by Gasteiger charge is -2.14. The van der Waals surface area contributed by atoms with Crippen LogP contribution in [0.15, 0.2) is 71.7 Å². The number of fused-ring (bicyclic) bond motifs is 1. The van der Waals surface area contributed by atoms with Crippen LogP contribution in [0.25, 0.3) is 16.7 Å². The first-order chi connectivity index (χ1) is 14.6. The van der Waals surface area contributed by atoms with E-state index in [-0.39, 0.29) is 18.0 Å². The first-order valence-corrected chi connectivity index (χ1v) is 9.71. The maximum absolute atomic E-state index is 13.1. The fraction of sp³-hybridized carbons (Fsp3) is 0.174. The molecule has 0 spiro atoms. The zero-order valence-electron chi connectivity index (χ0n) is 16.8. The highest BCUT2D eigenvalue weighted by atomic mass is 16.5. The Bertz CT molecular complexity index is 1270. The van der Waals surface area contributed by atoms with Crippen molar-refractivity contribution >= 4 is 22.6 Å². The van der Waals surface area contributed by atoms with E-state index in [1.807, 2.05) is 36.4 Å². The molecule has 0 unspecified atom stereocenters. The molecule has 152 valence electrons. The van der Waals surface area contributed by atoms with Gasteiger partial charge in [-0.05, 0) is 48.4 Å². The largest absolute Gasteiger partial charge is 0.495 e. The van der Waals surface area contributed by atoms with E-state index in [0.717, 1.165) is 12.0 Å². The van der Waals surface area contributed by atoms with Crippen molar-refractivity contribution in [3.63, 3.8) is 0 Å². The van der Waals surface area contributed by atoms with E-state index in [1.165, 1.54) is 4.68 Å². The summed E-state index contributed by atoms with van der Waals surface area (Å²) in [5, 5.41) is 3.32. The number of methoxy groups -OCH3 is 1. The Labute approximate surface area is 173 Å². The highest BCUT2D eigenvalue weighted by Crippen LogP contribution is 2.23. The highest BCUT2D eigenvalue weighted by molar-refractivity contribution is 5.92. The lowest BCUT2D eigenvalue weighted by atomic mass is 10.1. The van der Waals surface area contributed by atoms with Gasteiger partial charge in [0, 0.05) is 6.20 Å². The van der Waals surface area contributed by atoms with Crippen molar-refractivity contribution in [2.75, 3.05) is 12.4 Å². The summed E-state index contributed by atoms with van der Waals surface area (Å²) < 4.78 is 8.42. The predicted octanol–water partition coefficient (Wildman–Crippen LogP) is 3.40. The molecule has 0 saturated carbocycles. The van der Waals surface area contributed by atoms with Crippen LogP contribution in [0.2, 0.25) is 0 Å². The number of aryl methyl sites for hydroxylation is 1. The molecule has 7 nitrogen and oxygen atoms in total. The number of carbonyl (C=O) groups excluding carboxylic acids is 1. The maximum Gasteiger partial charge on any atom is 0.280 e. The van der Waals surface area contributed by atoms with E-state index >= 15 is 0 Å². The Hall–Kier alpha value is -3.87. The summed E-state index contributed by atoms with van der Waals surface area (Å²) in [6, 6.07) is 18.3. The Morgan fingerprint density at radius 2 is 1.93 bits per heavy atom. The zero-order chi connectivity index (χ0) is 21.1. The fourth-order valence-electron chi connectivity index (χ4n) is 3.47. The molecule has 0 aliphatic heterocycles. The summed E-state index contributed by atoms with van der Waals surface area (Å²) in [4.78, 5) is 30.4. The van der Waals surface area contributed by atoms with Crippen LogP contribution in [-0.4, -0.2) is 27.4 Å². The van der Waals surface area contributed by atoms with Crippen molar-refractivity contribution in [2.45, 2.75) is 19.9 Å². The molecule has 0 saturated heterocycles. The SMILES string of the molecule is CCc1cccc(-n2c(=O)c3cccnc3n2CC(=O)Nc2ccccc2OC)c1. The van der Waals surface area contributed by atoms with Gasteiger partial charge in [-0.25, -0.2) is 9.67 Å². The summed E-state index contributed by atoms with van der Waals surface area (Å²) in [5.74, 6) is 0.275. The van der Waals surface area contributed by atoms with Gasteiger partial charge in [-0.2, -0.15) is 0 Å². The van der Waals surface area contributed by atoms with Gasteiger partial charge in [0.2, 0.25) is 5.91 Å². The highest BCUT2D eigenvalue weighted by Gasteiger charge is 2.18. The molecule has 30 heavy (non-hydrogen) atoms. The first kappa shape index (κ1) is 19.4. The third-order valence-electron chi connectivity index (χ3n) is 4.93. The molecule has 0 radical (unpaired) electrons. The number of nitrogens with zero attached hydrogens (tertiary/aromatic N) is 3. The summed E-state index contributed by atoms with van der Waals surface area (Å²) in [6.07, 6.45) is 2.46. The molecular weight excluding hydrogens is 380 g/mol. The van der Waals surface area contributed by atoms with E-state index in [4.69, 9.17) is 4.74 Å². The van der Waals surface area contributed by atoms with E-state index in [0.29, 0.717) is 28.2 Å². The average molecular weight is 402 g/mol. The molecule has 0 atom stereocenters. The van der Waals surface area contributed by atoms with E-state index in [2.05, 4.69) is 17.2 Å². The number of carbonyl (C=O) groups is 1. The van der Waals surface area contributed by atoms with E-state index in [1.54, 1.807) is 42.3 Å². The Morgan fingerprint density at radius 1 is 1.10 bits per heavy atom. The molecule has 1 N–H and O–H groups in total. The number of nitrogens with one attached hydrogen (secondary N) is 1. The third-order valence-corrected chi connectivity index (χ3v) is 4.93. The quantitative estimate of drug-likeness (QED) is 0.536. The van der Waals surface area contributed by atoms with Gasteiger partial charge in [0.1, 0.15) is 12.3 Å². The second-order valence-electron chi connectivity index (χ2n) is 6.82. The van der Waals surface area contributed by atoms with E-state index < -0.39 is 0 Å². The molecule has 0 aliphatic rings. The number of anilines is 1. The predicted molar refractivity (Wildman–Crippen MR) is 116 cm³/mol. The number of amides is 1. The number of pyridine rings is 1. The zero-order valence-corrected chi connectivity index (χ0v) is 16.8. The van der Waals surface area contributed by atoms with Crippen molar-refractivity contribution in [2.24, 2.45) is 0 Å². The van der Waals surface area contributed by atoms with Crippen LogP contribution >= 0.6 is 0 Å². The lowest BCUT2D eigenvalue weighted by Crippen LogP contribution is -2.27. The molecule has 4 aromatic rings. The van der Waals surface area contributed by atoms with Crippen LogP contribution in [0.4, 0.5) is 5.69 Å². The Balaban J connectivity index is 1.78. The monoisotopic (exact) mass is 402 g/mol. The molecule has 1 amide bonds. The van der Waals surface area contributed by atoms with Crippen LogP contribution in [0.1, 0.15) is 12.5 Å². The number of benzene rings is 2. The Kier molecular flexibility index (Phi) is 5.34. The molecule has 7 heteroatoms. The van der Waals surface area contributed by atoms with Gasteiger partial charge >= 0.3 is 0 Å². The van der Waals surface area contributed by atoms with E-state index in [9.17, 15) is 9.59 Å². The van der Waals surface area contributed by atoms with Crippen molar-refractivity contribution < 1.29 is 9.53 Å². The number of aromatic nitrogens is 3. The summed E-state index contributed by atoms with van der Waals surface area (Å²) >= 11 is 0. The normalized spacial score (nSPS) is 10.9. The second kappa shape index (κ2) is 8.24. The van der Waals surface area contributed by atoms with Gasteiger partial charge in [-0.15, -0.1) is 0 Å². The van der Waals surface area contributed by atoms with Crippen LogP contribution < -0.4 is 15.6 Å². The van der Waals surface area contributed by atoms with Gasteiger partial charge in [-0.3, -0.25) is 14.3 Å². The van der Waals surface area contributed by atoms with Crippen LogP contribution in [0.3, 0.4) is 0 Å². The van der Waals surface area contributed by atoms with Crippen LogP contribution in [0.5, 0.6) is 5.75 Å². The molecule has 2 aromatic heterocycles. The molecule has 2 heterocycles. The molecule has 0 fully saturated rings. The Morgan fingerprint density at radius 3 is 2.73 bits per heavy atom. The molecule has 0 aliphatic carbocycles. The van der Waals surface area contributed by atoms with Gasteiger partial charge in [0.25, 0.3) is 5.56 Å². The molecule has 4 rings (SSSR count). The van der Waals surface area contributed by atoms with Gasteiger partial charge in [0.15, 0.2) is 5.65 Å². The number of para-hydroxylation sites is 2. The number of ether oxygens (including phenoxy) is 1. The van der Waals surface area contributed by atoms with Crippen molar-refractivity contribution in [1.29, 1.82) is 0 Å². The number of rotatable bonds is 6. The molecular formula is C23H22N4O3. The maximum atomic E-state index is 13.1. The van der Waals surface area contributed by atoms with Gasteiger partial charge < -0.3 is 10.1 Å². The summed E-state index contributed by atoms with van der Waals surface area (Å²) in [5.41, 5.74) is 2.61. The van der Waals surface area contributed by atoms with Crippen molar-refractivity contribution in [3.8, 4) is 11.4 Å². The van der Waals surface area contributed by atoms with Crippen LogP contribution in [0, 0.1) is 0 Å². The second-order valence-corrected chi connectivity index (χ2v) is 6.82.